The molecule has 1 unspecified atom stereocenters. The summed E-state index contributed by atoms with van der Waals surface area (Å²) in [5, 5.41) is -0.691. The molecule has 0 saturated carbocycles. The zero-order valence-electron chi connectivity index (χ0n) is 13.0. The normalized spacial score (nSPS) is 19.7. The minimum absolute atomic E-state index is 0.0549. The van der Waals surface area contributed by atoms with E-state index in [1.165, 1.54) is 4.90 Å². The van der Waals surface area contributed by atoms with Crippen molar-refractivity contribution in [2.24, 2.45) is 0 Å². The highest BCUT2D eigenvalue weighted by Gasteiger charge is 2.39. The Kier molecular flexibility index (Phi) is 4.22. The Morgan fingerprint density at radius 1 is 1.04 bits per heavy atom. The van der Waals surface area contributed by atoms with Crippen LogP contribution in [0.1, 0.15) is 23.7 Å². The van der Waals surface area contributed by atoms with E-state index in [2.05, 4.69) is 0 Å². The van der Waals surface area contributed by atoms with E-state index in [9.17, 15) is 13.2 Å². The van der Waals surface area contributed by atoms with Crippen LogP contribution in [0, 0.1) is 0 Å². The van der Waals surface area contributed by atoms with Crippen LogP contribution in [0.4, 0.5) is 0 Å². The van der Waals surface area contributed by atoms with Gasteiger partial charge in [-0.3, -0.25) is 4.79 Å². The van der Waals surface area contributed by atoms with Crippen LogP contribution in [0.3, 0.4) is 0 Å². The first kappa shape index (κ1) is 15.7. The molecule has 0 spiro atoms. The molecule has 2 aromatic carbocycles. The minimum Gasteiger partial charge on any atom is -0.321 e. The number of sulfone groups is 1. The van der Waals surface area contributed by atoms with Crippen LogP contribution in [0.2, 0.25) is 0 Å². The molecule has 1 saturated heterocycles. The van der Waals surface area contributed by atoms with E-state index in [4.69, 9.17) is 0 Å². The molecule has 0 bridgehead atoms. The Balaban J connectivity index is 1.84. The fourth-order valence-electron chi connectivity index (χ4n) is 3.01. The molecule has 1 aliphatic heterocycles. The molecule has 0 N–H and O–H groups in total. The SMILES string of the molecule is CCC1N(C(=O)c2ccc(-c3ccccc3)cc2)CCS1(=O)=O. The molecule has 1 amide bonds. The van der Waals surface area contributed by atoms with Gasteiger partial charge in [-0.25, -0.2) is 8.42 Å². The van der Waals surface area contributed by atoms with Crippen LogP contribution in [-0.2, 0) is 9.84 Å². The Morgan fingerprint density at radius 2 is 1.65 bits per heavy atom. The average molecular weight is 329 g/mol. The van der Waals surface area contributed by atoms with Crippen LogP contribution < -0.4 is 0 Å². The number of hydrogen-bond acceptors (Lipinski definition) is 3. The van der Waals surface area contributed by atoms with Crippen molar-refractivity contribution in [3.63, 3.8) is 0 Å². The lowest BCUT2D eigenvalue weighted by Crippen LogP contribution is -2.37. The first-order valence-electron chi connectivity index (χ1n) is 7.71. The monoisotopic (exact) mass is 329 g/mol. The number of amides is 1. The van der Waals surface area contributed by atoms with Gasteiger partial charge in [0.25, 0.3) is 5.91 Å². The molecule has 1 atom stereocenters. The molecule has 120 valence electrons. The Morgan fingerprint density at radius 3 is 2.26 bits per heavy atom. The Labute approximate surface area is 136 Å². The zero-order chi connectivity index (χ0) is 16.4. The summed E-state index contributed by atoms with van der Waals surface area (Å²) in [7, 11) is -3.19. The van der Waals surface area contributed by atoms with Gasteiger partial charge < -0.3 is 4.90 Å². The van der Waals surface area contributed by atoms with Gasteiger partial charge in [-0.2, -0.15) is 0 Å². The fourth-order valence-corrected chi connectivity index (χ4v) is 4.83. The molecule has 0 aliphatic carbocycles. The predicted octanol–water partition coefficient (Wildman–Crippen LogP) is 2.96. The Hall–Kier alpha value is -2.14. The largest absolute Gasteiger partial charge is 0.321 e. The molecule has 1 aliphatic rings. The molecule has 1 heterocycles. The van der Waals surface area contributed by atoms with Crippen LogP contribution in [0.25, 0.3) is 11.1 Å². The third-order valence-electron chi connectivity index (χ3n) is 4.23. The molecule has 0 radical (unpaired) electrons. The van der Waals surface area contributed by atoms with E-state index in [1.54, 1.807) is 19.1 Å². The van der Waals surface area contributed by atoms with Crippen molar-refractivity contribution in [1.29, 1.82) is 0 Å². The van der Waals surface area contributed by atoms with Crippen molar-refractivity contribution in [3.8, 4) is 11.1 Å². The topological polar surface area (TPSA) is 54.5 Å². The third-order valence-corrected chi connectivity index (χ3v) is 6.40. The second kappa shape index (κ2) is 6.16. The zero-order valence-corrected chi connectivity index (χ0v) is 13.8. The highest BCUT2D eigenvalue weighted by Crippen LogP contribution is 2.24. The standard InChI is InChI=1S/C18H19NO3S/c1-2-17-19(12-13-23(17,21)22)18(20)16-10-8-15(9-11-16)14-6-4-3-5-7-14/h3-11,17H,2,12-13H2,1H3. The van der Waals surface area contributed by atoms with Gasteiger partial charge in [0.05, 0.1) is 5.75 Å². The number of benzene rings is 2. The summed E-state index contributed by atoms with van der Waals surface area (Å²) in [6.45, 7) is 2.08. The summed E-state index contributed by atoms with van der Waals surface area (Å²) < 4.78 is 24.0. The first-order chi connectivity index (χ1) is 11.0. The van der Waals surface area contributed by atoms with Crippen molar-refractivity contribution in [1.82, 2.24) is 4.90 Å². The molecule has 1 fully saturated rings. The van der Waals surface area contributed by atoms with Crippen molar-refractivity contribution < 1.29 is 13.2 Å². The van der Waals surface area contributed by atoms with Gasteiger partial charge in [0.1, 0.15) is 5.37 Å². The predicted molar refractivity (Wildman–Crippen MR) is 90.8 cm³/mol. The van der Waals surface area contributed by atoms with Crippen LogP contribution in [0.5, 0.6) is 0 Å². The third kappa shape index (κ3) is 3.01. The highest BCUT2D eigenvalue weighted by atomic mass is 32.2. The fraction of sp³-hybridized carbons (Fsp3) is 0.278. The highest BCUT2D eigenvalue weighted by molar-refractivity contribution is 7.92. The van der Waals surface area contributed by atoms with Crippen molar-refractivity contribution >= 4 is 15.7 Å². The number of rotatable bonds is 3. The van der Waals surface area contributed by atoms with Gasteiger partial charge in [-0.05, 0) is 29.7 Å². The van der Waals surface area contributed by atoms with Crippen molar-refractivity contribution in [2.75, 3.05) is 12.3 Å². The maximum Gasteiger partial charge on any atom is 0.254 e. The summed E-state index contributed by atoms with van der Waals surface area (Å²) in [5.74, 6) is -0.156. The summed E-state index contributed by atoms with van der Waals surface area (Å²) in [5.41, 5.74) is 2.64. The smallest absolute Gasteiger partial charge is 0.254 e. The van der Waals surface area contributed by atoms with Gasteiger partial charge in [0, 0.05) is 12.1 Å². The quantitative estimate of drug-likeness (QED) is 0.870. The summed E-state index contributed by atoms with van der Waals surface area (Å²) in [4.78, 5) is 14.1. The van der Waals surface area contributed by atoms with Crippen molar-refractivity contribution in [3.05, 3.63) is 60.2 Å². The van der Waals surface area contributed by atoms with Gasteiger partial charge in [-0.15, -0.1) is 0 Å². The van der Waals surface area contributed by atoms with E-state index in [-0.39, 0.29) is 18.2 Å². The summed E-state index contributed by atoms with van der Waals surface area (Å²) in [6, 6.07) is 17.2. The van der Waals surface area contributed by atoms with E-state index in [0.717, 1.165) is 11.1 Å². The second-order valence-corrected chi connectivity index (χ2v) is 7.95. The molecular formula is C18H19NO3S. The molecule has 23 heavy (non-hydrogen) atoms. The molecule has 4 nitrogen and oxygen atoms in total. The van der Waals surface area contributed by atoms with Gasteiger partial charge in [-0.1, -0.05) is 49.4 Å². The van der Waals surface area contributed by atoms with E-state index in [1.807, 2.05) is 42.5 Å². The number of carbonyl (C=O) groups excluding carboxylic acids is 1. The summed E-state index contributed by atoms with van der Waals surface area (Å²) in [6.07, 6.45) is 0.427. The van der Waals surface area contributed by atoms with Gasteiger partial charge >= 0.3 is 0 Å². The van der Waals surface area contributed by atoms with Gasteiger partial charge in [0.2, 0.25) is 0 Å². The number of hydrogen-bond donors (Lipinski definition) is 0. The maximum atomic E-state index is 12.6. The molecule has 0 aromatic heterocycles. The number of carbonyl (C=O) groups is 1. The maximum absolute atomic E-state index is 12.6. The van der Waals surface area contributed by atoms with Crippen LogP contribution in [0.15, 0.2) is 54.6 Å². The lowest BCUT2D eigenvalue weighted by atomic mass is 10.0. The first-order valence-corrected chi connectivity index (χ1v) is 9.42. The van der Waals surface area contributed by atoms with Crippen LogP contribution in [-0.4, -0.2) is 36.9 Å². The average Bonchev–Trinajstić information content (AvgIpc) is 2.89. The lowest BCUT2D eigenvalue weighted by Gasteiger charge is -2.22. The minimum atomic E-state index is -3.19. The van der Waals surface area contributed by atoms with E-state index >= 15 is 0 Å². The second-order valence-electron chi connectivity index (χ2n) is 5.67. The molecule has 3 rings (SSSR count). The molecule has 5 heteroatoms. The van der Waals surface area contributed by atoms with E-state index < -0.39 is 15.2 Å². The Bertz CT molecular complexity index is 798. The van der Waals surface area contributed by atoms with E-state index in [0.29, 0.717) is 12.0 Å². The summed E-state index contributed by atoms with van der Waals surface area (Å²) >= 11 is 0. The van der Waals surface area contributed by atoms with Gasteiger partial charge in [0.15, 0.2) is 9.84 Å². The van der Waals surface area contributed by atoms with Crippen LogP contribution >= 0.6 is 0 Å². The van der Waals surface area contributed by atoms with Crippen molar-refractivity contribution in [2.45, 2.75) is 18.7 Å². The number of nitrogens with zero attached hydrogens (tertiary/aromatic N) is 1. The lowest BCUT2D eigenvalue weighted by molar-refractivity contribution is 0.0756. The molecule has 2 aromatic rings. The molecular weight excluding hydrogens is 310 g/mol.